The first-order valence-corrected chi connectivity index (χ1v) is 12.0. The molecule has 0 atom stereocenters. The molecule has 0 heterocycles. The summed E-state index contributed by atoms with van der Waals surface area (Å²) in [6, 6.07) is 0. The first-order valence-electron chi connectivity index (χ1n) is 12.0. The molecule has 148 valence electrons. The first kappa shape index (κ1) is 21.5. The van der Waals surface area contributed by atoms with Crippen molar-refractivity contribution in [1.82, 2.24) is 0 Å². The van der Waals surface area contributed by atoms with Gasteiger partial charge in [-0.3, -0.25) is 0 Å². The first-order chi connectivity index (χ1) is 13.0. The third-order valence-corrected chi connectivity index (χ3v) is 6.29. The summed E-state index contributed by atoms with van der Waals surface area (Å²) in [5, 5.41) is 0. The topological polar surface area (TPSA) is 0 Å². The van der Waals surface area contributed by atoms with E-state index in [4.69, 9.17) is 0 Å². The highest BCUT2D eigenvalue weighted by molar-refractivity contribution is 5.12. The quantitative estimate of drug-likeness (QED) is 0.411. The second kappa shape index (κ2) is 15.3. The highest BCUT2D eigenvalue weighted by atomic mass is 14.2. The Labute approximate surface area is 164 Å². The molecular weight excluding hydrogens is 312 g/mol. The normalized spacial score (nSPS) is 24.1. The molecule has 1 saturated carbocycles. The highest BCUT2D eigenvalue weighted by Gasteiger charge is 2.13. The lowest BCUT2D eigenvalue weighted by molar-refractivity contribution is 0.451. The fourth-order valence-electron chi connectivity index (χ4n) is 4.58. The minimum absolute atomic E-state index is 0.862. The van der Waals surface area contributed by atoms with Gasteiger partial charge in [-0.15, -0.1) is 0 Å². The van der Waals surface area contributed by atoms with Gasteiger partial charge in [0.1, 0.15) is 0 Å². The monoisotopic (exact) mass is 356 g/mol. The summed E-state index contributed by atoms with van der Waals surface area (Å²) in [6.07, 6.45) is 38.9. The molecule has 1 fully saturated rings. The second-order valence-electron chi connectivity index (χ2n) is 8.60. The van der Waals surface area contributed by atoms with E-state index >= 15 is 0 Å². The van der Waals surface area contributed by atoms with Gasteiger partial charge in [0.2, 0.25) is 0 Å². The molecule has 2 aliphatic carbocycles. The van der Waals surface area contributed by atoms with Crippen molar-refractivity contribution in [1.29, 1.82) is 0 Å². The SMILES string of the molecule is C1=CCCCC=C(C2CCCCCCCCCCCC2)CC=CCCC1. The molecule has 0 aromatic heterocycles. The van der Waals surface area contributed by atoms with Gasteiger partial charge in [-0.1, -0.05) is 100 Å². The van der Waals surface area contributed by atoms with Crippen LogP contribution in [0.5, 0.6) is 0 Å². The van der Waals surface area contributed by atoms with Crippen LogP contribution in [0.25, 0.3) is 0 Å². The summed E-state index contributed by atoms with van der Waals surface area (Å²) in [5.74, 6) is 0.862. The van der Waals surface area contributed by atoms with Crippen molar-refractivity contribution in [3.05, 3.63) is 36.0 Å². The third-order valence-electron chi connectivity index (χ3n) is 6.29. The van der Waals surface area contributed by atoms with Crippen LogP contribution in [0.1, 0.15) is 122 Å². The largest absolute Gasteiger partial charge is 0.0885 e. The maximum Gasteiger partial charge on any atom is -0.0136 e. The van der Waals surface area contributed by atoms with Crippen LogP contribution in [-0.4, -0.2) is 0 Å². The van der Waals surface area contributed by atoms with E-state index in [0.29, 0.717) is 0 Å². The van der Waals surface area contributed by atoms with Crippen LogP contribution in [0.15, 0.2) is 36.0 Å². The molecule has 0 spiro atoms. The molecule has 26 heavy (non-hydrogen) atoms. The zero-order valence-electron chi connectivity index (χ0n) is 17.4. The Bertz CT molecular complexity index is 398. The molecule has 0 nitrogen and oxygen atoms in total. The van der Waals surface area contributed by atoms with Crippen LogP contribution in [0.4, 0.5) is 0 Å². The average molecular weight is 357 g/mol. The number of hydrogen-bond donors (Lipinski definition) is 0. The molecule has 0 aromatic rings. The minimum Gasteiger partial charge on any atom is -0.0885 e. The molecule has 0 heteroatoms. The van der Waals surface area contributed by atoms with E-state index in [2.05, 4.69) is 30.4 Å². The van der Waals surface area contributed by atoms with E-state index in [0.717, 1.165) is 5.92 Å². The van der Waals surface area contributed by atoms with Gasteiger partial charge in [0.25, 0.3) is 0 Å². The summed E-state index contributed by atoms with van der Waals surface area (Å²) in [6.45, 7) is 0. The van der Waals surface area contributed by atoms with Crippen molar-refractivity contribution < 1.29 is 0 Å². The van der Waals surface area contributed by atoms with Gasteiger partial charge in [0.15, 0.2) is 0 Å². The Morgan fingerprint density at radius 1 is 0.462 bits per heavy atom. The molecule has 2 aliphatic rings. The fraction of sp³-hybridized carbons (Fsp3) is 0.769. The van der Waals surface area contributed by atoms with E-state index < -0.39 is 0 Å². The zero-order chi connectivity index (χ0) is 18.1. The zero-order valence-corrected chi connectivity index (χ0v) is 17.4. The maximum absolute atomic E-state index is 2.64. The van der Waals surface area contributed by atoms with Crippen LogP contribution < -0.4 is 0 Å². The van der Waals surface area contributed by atoms with E-state index in [-0.39, 0.29) is 0 Å². The number of allylic oxidation sites excluding steroid dienone is 6. The Balaban J connectivity index is 1.94. The summed E-state index contributed by atoms with van der Waals surface area (Å²) in [5.41, 5.74) is 1.78. The second-order valence-corrected chi connectivity index (χ2v) is 8.60. The van der Waals surface area contributed by atoms with Crippen molar-refractivity contribution in [2.75, 3.05) is 0 Å². The highest BCUT2D eigenvalue weighted by Crippen LogP contribution is 2.29. The van der Waals surface area contributed by atoms with Gasteiger partial charge in [-0.05, 0) is 63.7 Å². The van der Waals surface area contributed by atoms with Crippen LogP contribution in [0, 0.1) is 5.92 Å². The van der Waals surface area contributed by atoms with Crippen molar-refractivity contribution in [3.8, 4) is 0 Å². The predicted octanol–water partition coefficient (Wildman–Crippen LogP) is 9.08. The summed E-state index contributed by atoms with van der Waals surface area (Å²) >= 11 is 0. The molecule has 0 aliphatic heterocycles. The van der Waals surface area contributed by atoms with E-state index in [1.165, 1.54) is 122 Å². The molecule has 0 saturated heterocycles. The van der Waals surface area contributed by atoms with Crippen molar-refractivity contribution in [2.24, 2.45) is 5.92 Å². The number of hydrogen-bond acceptors (Lipinski definition) is 0. The van der Waals surface area contributed by atoms with Crippen LogP contribution in [0.3, 0.4) is 0 Å². The van der Waals surface area contributed by atoms with E-state index in [1.807, 2.05) is 0 Å². The smallest absolute Gasteiger partial charge is 0.0136 e. The lowest BCUT2D eigenvalue weighted by atomic mass is 9.85. The molecule has 0 unspecified atom stereocenters. The van der Waals surface area contributed by atoms with Gasteiger partial charge in [-0.2, -0.15) is 0 Å². The Hall–Kier alpha value is -0.780. The van der Waals surface area contributed by atoms with Crippen LogP contribution >= 0.6 is 0 Å². The van der Waals surface area contributed by atoms with Crippen LogP contribution in [0.2, 0.25) is 0 Å². The molecular formula is C26H44. The Morgan fingerprint density at radius 2 is 0.923 bits per heavy atom. The van der Waals surface area contributed by atoms with Gasteiger partial charge in [0.05, 0.1) is 0 Å². The van der Waals surface area contributed by atoms with Gasteiger partial charge >= 0.3 is 0 Å². The van der Waals surface area contributed by atoms with Crippen molar-refractivity contribution in [2.45, 2.75) is 122 Å². The minimum atomic E-state index is 0.862. The lowest BCUT2D eigenvalue weighted by Crippen LogP contribution is -2.05. The summed E-state index contributed by atoms with van der Waals surface area (Å²) in [7, 11) is 0. The molecule has 0 aromatic carbocycles. The van der Waals surface area contributed by atoms with Crippen molar-refractivity contribution in [3.63, 3.8) is 0 Å². The fourth-order valence-corrected chi connectivity index (χ4v) is 4.58. The van der Waals surface area contributed by atoms with Crippen LogP contribution in [-0.2, 0) is 0 Å². The Kier molecular flexibility index (Phi) is 12.7. The summed E-state index contributed by atoms with van der Waals surface area (Å²) in [4.78, 5) is 0. The third kappa shape index (κ3) is 10.4. The van der Waals surface area contributed by atoms with E-state index in [1.54, 1.807) is 5.57 Å². The Morgan fingerprint density at radius 3 is 1.50 bits per heavy atom. The number of rotatable bonds is 1. The summed E-state index contributed by atoms with van der Waals surface area (Å²) < 4.78 is 0. The maximum atomic E-state index is 2.64. The van der Waals surface area contributed by atoms with E-state index in [9.17, 15) is 0 Å². The van der Waals surface area contributed by atoms with Gasteiger partial charge in [0, 0.05) is 0 Å². The van der Waals surface area contributed by atoms with Gasteiger partial charge < -0.3 is 0 Å². The van der Waals surface area contributed by atoms with Crippen molar-refractivity contribution >= 4 is 0 Å². The molecule has 0 amide bonds. The predicted molar refractivity (Wildman–Crippen MR) is 118 cm³/mol. The lowest BCUT2D eigenvalue weighted by Gasteiger charge is -2.20. The molecule has 0 N–H and O–H groups in total. The van der Waals surface area contributed by atoms with Gasteiger partial charge in [-0.25, -0.2) is 0 Å². The molecule has 2 rings (SSSR count). The standard InChI is InChI=1S/C26H44/c1-2-6-10-14-18-22-25(21-17-13-9-5-1)26-23-19-15-11-7-3-4-8-12-16-20-24-26/h1,5,14,18,21,26H,2-4,6-13,15-17,19-20,22-24H2. The molecule has 0 bridgehead atoms. The average Bonchev–Trinajstić information content (AvgIpc) is 2.70. The molecule has 0 radical (unpaired) electrons.